The van der Waals surface area contributed by atoms with Crippen molar-refractivity contribution in [2.45, 2.75) is 10.4 Å². The highest BCUT2D eigenvalue weighted by Crippen LogP contribution is 2.30. The van der Waals surface area contributed by atoms with Crippen LogP contribution in [-0.4, -0.2) is 21.2 Å². The molecule has 1 aromatic rings. The summed E-state index contributed by atoms with van der Waals surface area (Å²) in [6.07, 6.45) is 0. The van der Waals surface area contributed by atoms with Crippen molar-refractivity contribution in [3.8, 4) is 0 Å². The Kier molecular flexibility index (Phi) is 4.79. The molecule has 0 radical (unpaired) electrons. The minimum atomic E-state index is -4.30. The molecule has 0 fully saturated rings. The fourth-order valence-corrected chi connectivity index (χ4v) is 2.78. The highest BCUT2D eigenvalue weighted by molar-refractivity contribution is 8.00. The van der Waals surface area contributed by atoms with Crippen LogP contribution in [-0.2, 0) is 10.8 Å². The lowest BCUT2D eigenvalue weighted by Crippen LogP contribution is -2.07. The first-order chi connectivity index (χ1) is 7.38. The van der Waals surface area contributed by atoms with Crippen LogP contribution in [0.4, 0.5) is 17.6 Å². The quantitative estimate of drug-likeness (QED) is 0.783. The van der Waals surface area contributed by atoms with Gasteiger partial charge in [-0.15, -0.1) is 0 Å². The van der Waals surface area contributed by atoms with E-state index in [-0.39, 0.29) is 23.3 Å². The Hall–Kier alpha value is -0.560. The van der Waals surface area contributed by atoms with Crippen LogP contribution in [0.25, 0.3) is 0 Å². The maximum absolute atomic E-state index is 12.5. The average Bonchev–Trinajstić information content (AvgIpc) is 2.16. The highest BCUT2D eigenvalue weighted by Gasteiger charge is 2.27. The molecule has 1 aromatic carbocycles. The van der Waals surface area contributed by atoms with Gasteiger partial charge < -0.3 is 0 Å². The highest BCUT2D eigenvalue weighted by atomic mass is 32.2. The minimum Gasteiger partial charge on any atom is -0.254 e. The van der Waals surface area contributed by atoms with Gasteiger partial charge in [-0.05, 0) is 24.3 Å². The zero-order valence-electron chi connectivity index (χ0n) is 7.96. The number of hydrogen-bond donors (Lipinski definition) is 0. The van der Waals surface area contributed by atoms with Gasteiger partial charge in [0.2, 0.25) is 0 Å². The van der Waals surface area contributed by atoms with E-state index in [9.17, 15) is 21.8 Å². The molecule has 7 heteroatoms. The zero-order chi connectivity index (χ0) is 12.2. The van der Waals surface area contributed by atoms with Crippen molar-refractivity contribution in [3.05, 3.63) is 30.1 Å². The van der Waals surface area contributed by atoms with E-state index in [1.165, 1.54) is 12.1 Å². The summed E-state index contributed by atoms with van der Waals surface area (Å²) < 4.78 is 59.3. The van der Waals surface area contributed by atoms with Crippen molar-refractivity contribution >= 4 is 22.6 Å². The van der Waals surface area contributed by atoms with Crippen LogP contribution in [0.1, 0.15) is 0 Å². The van der Waals surface area contributed by atoms with Crippen molar-refractivity contribution in [2.75, 3.05) is 11.5 Å². The van der Waals surface area contributed by atoms with Gasteiger partial charge in [0, 0.05) is 16.4 Å². The minimum absolute atomic E-state index is 0.101. The van der Waals surface area contributed by atoms with Crippen LogP contribution in [0.2, 0.25) is 0 Å². The maximum Gasteiger partial charge on any atom is 0.441 e. The summed E-state index contributed by atoms with van der Waals surface area (Å²) in [6.45, 7) is 0. The molecular formula is C9H8F4OS2. The number of benzene rings is 1. The summed E-state index contributed by atoms with van der Waals surface area (Å²) in [7, 11) is -1.51. The van der Waals surface area contributed by atoms with E-state index in [2.05, 4.69) is 0 Å². The first-order valence-electron chi connectivity index (χ1n) is 4.23. The molecule has 0 saturated carbocycles. The van der Waals surface area contributed by atoms with E-state index in [1.807, 2.05) is 0 Å². The molecule has 1 unspecified atom stereocenters. The fraction of sp³-hybridized carbons (Fsp3) is 0.333. The standard InChI is InChI=1S/C9H8F4OS2/c10-7-1-3-8(4-2-7)16(14)6-5-15-9(11,12)13/h1-4H,5-6H2. The summed E-state index contributed by atoms with van der Waals surface area (Å²) in [6, 6.07) is 4.88. The molecule has 0 aliphatic heterocycles. The largest absolute Gasteiger partial charge is 0.441 e. The molecule has 0 amide bonds. The van der Waals surface area contributed by atoms with E-state index in [4.69, 9.17) is 0 Å². The van der Waals surface area contributed by atoms with E-state index in [0.29, 0.717) is 4.90 Å². The van der Waals surface area contributed by atoms with E-state index in [0.717, 1.165) is 12.1 Å². The third kappa shape index (κ3) is 4.98. The van der Waals surface area contributed by atoms with Crippen molar-refractivity contribution in [1.29, 1.82) is 0 Å². The fourth-order valence-electron chi connectivity index (χ4n) is 0.937. The number of halogens is 4. The van der Waals surface area contributed by atoms with Crippen molar-refractivity contribution in [3.63, 3.8) is 0 Å². The number of thioether (sulfide) groups is 1. The van der Waals surface area contributed by atoms with Gasteiger partial charge in [0.25, 0.3) is 0 Å². The van der Waals surface area contributed by atoms with Gasteiger partial charge >= 0.3 is 5.51 Å². The molecule has 0 aliphatic rings. The van der Waals surface area contributed by atoms with Gasteiger partial charge in [0.15, 0.2) is 0 Å². The lowest BCUT2D eigenvalue weighted by Gasteiger charge is -2.05. The number of hydrogen-bond acceptors (Lipinski definition) is 2. The first kappa shape index (κ1) is 13.5. The first-order valence-corrected chi connectivity index (χ1v) is 6.53. The second-order valence-corrected chi connectivity index (χ2v) is 5.53. The summed E-state index contributed by atoms with van der Waals surface area (Å²) in [5.74, 6) is -0.839. The summed E-state index contributed by atoms with van der Waals surface area (Å²) in [5.41, 5.74) is -4.30. The molecule has 0 aliphatic carbocycles. The molecular weight excluding hydrogens is 264 g/mol. The Morgan fingerprint density at radius 2 is 1.75 bits per heavy atom. The van der Waals surface area contributed by atoms with Gasteiger partial charge in [-0.3, -0.25) is 4.21 Å². The molecule has 0 bridgehead atoms. The molecule has 0 spiro atoms. The Morgan fingerprint density at radius 1 is 1.19 bits per heavy atom. The second kappa shape index (κ2) is 5.67. The molecule has 90 valence electrons. The molecule has 0 aromatic heterocycles. The topological polar surface area (TPSA) is 17.1 Å². The second-order valence-electron chi connectivity index (χ2n) is 2.80. The zero-order valence-corrected chi connectivity index (χ0v) is 9.59. The molecule has 0 heterocycles. The van der Waals surface area contributed by atoms with Gasteiger partial charge in [0.05, 0.1) is 10.8 Å². The van der Waals surface area contributed by atoms with Crippen LogP contribution in [0.3, 0.4) is 0 Å². The molecule has 1 atom stereocenters. The number of rotatable bonds is 4. The van der Waals surface area contributed by atoms with E-state index in [1.54, 1.807) is 0 Å². The van der Waals surface area contributed by atoms with Gasteiger partial charge in [-0.1, -0.05) is 11.8 Å². The Bertz CT molecular complexity index is 361. The molecule has 1 nitrogen and oxygen atoms in total. The molecule has 16 heavy (non-hydrogen) atoms. The predicted molar refractivity (Wildman–Crippen MR) is 56.2 cm³/mol. The Morgan fingerprint density at radius 3 is 2.25 bits per heavy atom. The van der Waals surface area contributed by atoms with E-state index < -0.39 is 22.1 Å². The van der Waals surface area contributed by atoms with Gasteiger partial charge in [0.1, 0.15) is 5.82 Å². The SMILES string of the molecule is O=S(CCSC(F)(F)F)c1ccc(F)cc1. The van der Waals surface area contributed by atoms with Crippen LogP contribution in [0.15, 0.2) is 29.2 Å². The van der Waals surface area contributed by atoms with Crippen LogP contribution < -0.4 is 0 Å². The Balaban J connectivity index is 2.44. The Labute approximate surface area is 96.7 Å². The average molecular weight is 272 g/mol. The van der Waals surface area contributed by atoms with Gasteiger partial charge in [-0.2, -0.15) is 13.2 Å². The lowest BCUT2D eigenvalue weighted by molar-refractivity contribution is -0.0326. The smallest absolute Gasteiger partial charge is 0.254 e. The maximum atomic E-state index is 12.5. The molecule has 1 rings (SSSR count). The van der Waals surface area contributed by atoms with Crippen LogP contribution in [0.5, 0.6) is 0 Å². The van der Waals surface area contributed by atoms with Crippen molar-refractivity contribution in [2.24, 2.45) is 0 Å². The third-order valence-electron chi connectivity index (χ3n) is 1.61. The van der Waals surface area contributed by atoms with Crippen LogP contribution in [0, 0.1) is 5.82 Å². The normalized spacial score (nSPS) is 13.8. The summed E-state index contributed by atoms with van der Waals surface area (Å²) >= 11 is -0.207. The van der Waals surface area contributed by atoms with Gasteiger partial charge in [-0.25, -0.2) is 4.39 Å². The predicted octanol–water partition coefficient (Wildman–Crippen LogP) is 3.19. The summed E-state index contributed by atoms with van der Waals surface area (Å²) in [4.78, 5) is 0.337. The third-order valence-corrected chi connectivity index (χ3v) is 3.98. The van der Waals surface area contributed by atoms with Crippen molar-refractivity contribution < 1.29 is 21.8 Å². The lowest BCUT2D eigenvalue weighted by atomic mass is 10.4. The van der Waals surface area contributed by atoms with Crippen molar-refractivity contribution in [1.82, 2.24) is 0 Å². The summed E-state index contributed by atoms with van der Waals surface area (Å²) in [5, 5.41) is 0. The van der Waals surface area contributed by atoms with E-state index >= 15 is 0 Å². The molecule has 0 saturated heterocycles. The molecule has 0 N–H and O–H groups in total. The number of alkyl halides is 3. The monoisotopic (exact) mass is 272 g/mol. The van der Waals surface area contributed by atoms with Crippen LogP contribution >= 0.6 is 11.8 Å².